The van der Waals surface area contributed by atoms with E-state index in [-0.39, 0.29) is 19.5 Å². The van der Waals surface area contributed by atoms with Crippen LogP contribution in [0.15, 0.2) is 0 Å². The molecule has 0 aliphatic rings. The molecule has 0 spiro atoms. The molecule has 19 heavy (non-hydrogen) atoms. The molecule has 0 saturated carbocycles. The zero-order valence-electron chi connectivity index (χ0n) is 13.4. The summed E-state index contributed by atoms with van der Waals surface area (Å²) in [6.45, 7) is 6.18. The molecule has 0 rings (SSSR count). The maximum atomic E-state index is 3.88. The maximum Gasteiger partial charge on any atom is 0 e. The summed E-state index contributed by atoms with van der Waals surface area (Å²) in [5, 5.41) is 0. The fraction of sp³-hybridized carbons (Fsp3) is 0.944. The van der Waals surface area contributed by atoms with Gasteiger partial charge in [0.2, 0.25) is 0 Å². The molecule has 0 atom stereocenters. The first-order chi connectivity index (χ1) is 8.91. The summed E-state index contributed by atoms with van der Waals surface area (Å²) in [6, 6.07) is 0. The van der Waals surface area contributed by atoms with Crippen molar-refractivity contribution >= 4 is 0 Å². The van der Waals surface area contributed by atoms with Crippen molar-refractivity contribution in [3.63, 3.8) is 0 Å². The van der Waals surface area contributed by atoms with Crippen LogP contribution in [0.2, 0.25) is 0 Å². The van der Waals surface area contributed by atoms with Gasteiger partial charge in [0, 0.05) is 19.5 Å². The van der Waals surface area contributed by atoms with Crippen molar-refractivity contribution in [2.24, 2.45) is 0 Å². The summed E-state index contributed by atoms with van der Waals surface area (Å²) in [5.74, 6) is 0. The van der Waals surface area contributed by atoms with E-state index in [0.29, 0.717) is 0 Å². The van der Waals surface area contributed by atoms with Crippen molar-refractivity contribution in [2.45, 2.75) is 110 Å². The summed E-state index contributed by atoms with van der Waals surface area (Å²) in [6.07, 6.45) is 22.8. The Balaban J connectivity index is 0. The largest absolute Gasteiger partial charge is 0.343 e. The van der Waals surface area contributed by atoms with Gasteiger partial charge in [0.05, 0.1) is 0 Å². The Hall–Kier alpha value is 0.623. The summed E-state index contributed by atoms with van der Waals surface area (Å²) >= 11 is 0. The quantitative estimate of drug-likeness (QED) is 0.167. The summed E-state index contributed by atoms with van der Waals surface area (Å²) in [5.41, 5.74) is 0. The minimum Gasteiger partial charge on any atom is -0.343 e. The van der Waals surface area contributed by atoms with Crippen molar-refractivity contribution in [1.82, 2.24) is 0 Å². The van der Waals surface area contributed by atoms with Crippen LogP contribution in [0.4, 0.5) is 0 Å². The smallest absolute Gasteiger partial charge is 0 e. The molecule has 0 aromatic carbocycles. The molecule has 0 aliphatic carbocycles. The van der Waals surface area contributed by atoms with E-state index in [1.165, 1.54) is 96.3 Å². The first-order valence-corrected chi connectivity index (χ1v) is 8.71. The van der Waals surface area contributed by atoms with Crippen LogP contribution in [0.25, 0.3) is 0 Å². The van der Waals surface area contributed by atoms with Crippen molar-refractivity contribution in [3.05, 3.63) is 6.92 Å². The van der Waals surface area contributed by atoms with E-state index in [0.717, 1.165) is 6.42 Å². The van der Waals surface area contributed by atoms with Crippen LogP contribution >= 0.6 is 0 Å². The van der Waals surface area contributed by atoms with Crippen LogP contribution in [0, 0.1) is 6.92 Å². The second-order valence-corrected chi connectivity index (χ2v) is 5.80. The fourth-order valence-electron chi connectivity index (χ4n) is 2.55. The third-order valence-corrected chi connectivity index (χ3v) is 3.85. The normalized spacial score (nSPS) is 10.4. The molecule has 0 aromatic rings. The topological polar surface area (TPSA) is 0 Å². The van der Waals surface area contributed by atoms with Crippen molar-refractivity contribution in [1.29, 1.82) is 0 Å². The molecule has 0 unspecified atom stereocenters. The van der Waals surface area contributed by atoms with E-state index in [4.69, 9.17) is 0 Å². The number of hydrogen-bond donors (Lipinski definition) is 0. The van der Waals surface area contributed by atoms with E-state index in [9.17, 15) is 0 Å². The van der Waals surface area contributed by atoms with Crippen LogP contribution in [0.3, 0.4) is 0 Å². The van der Waals surface area contributed by atoms with Gasteiger partial charge in [-0.15, -0.1) is 0 Å². The average Bonchev–Trinajstić information content (AvgIpc) is 2.39. The molecule has 0 aromatic heterocycles. The molecule has 0 N–H and O–H groups in total. The van der Waals surface area contributed by atoms with E-state index < -0.39 is 0 Å². The van der Waals surface area contributed by atoms with Gasteiger partial charge in [-0.1, -0.05) is 103 Å². The van der Waals surface area contributed by atoms with Crippen LogP contribution in [-0.4, -0.2) is 0 Å². The molecular weight excluding hydrogens is 319 g/mol. The predicted octanol–water partition coefficient (Wildman–Crippen LogP) is 7.08. The van der Waals surface area contributed by atoms with Crippen LogP contribution in [0.5, 0.6) is 0 Å². The van der Waals surface area contributed by atoms with Crippen LogP contribution in [-0.2, 0) is 19.5 Å². The molecule has 0 heterocycles. The Morgan fingerprint density at radius 1 is 0.474 bits per heavy atom. The molecule has 0 nitrogen and oxygen atoms in total. The Kier molecular flexibility index (Phi) is 24.1. The van der Waals surface area contributed by atoms with Crippen molar-refractivity contribution in [2.75, 3.05) is 0 Å². The van der Waals surface area contributed by atoms with Gasteiger partial charge in [-0.2, -0.15) is 6.42 Å². The van der Waals surface area contributed by atoms with Gasteiger partial charge in [-0.05, 0) is 0 Å². The Morgan fingerprint density at radius 3 is 1.00 bits per heavy atom. The summed E-state index contributed by atoms with van der Waals surface area (Å²) < 4.78 is 0. The number of hydrogen-bond acceptors (Lipinski definition) is 0. The number of unbranched alkanes of at least 4 members (excludes halogenated alkanes) is 15. The minimum atomic E-state index is 0. The third-order valence-electron chi connectivity index (χ3n) is 3.85. The average molecular weight is 356 g/mol. The van der Waals surface area contributed by atoms with Crippen LogP contribution < -0.4 is 0 Å². The molecule has 0 aliphatic heterocycles. The van der Waals surface area contributed by atoms with E-state index in [2.05, 4.69) is 13.8 Å². The standard InChI is InChI=1S/C18H37.Rh/c1-3-5-7-9-11-13-15-17-18-16-14-12-10-8-6-4-2;/h1,3-18H2,2H3;/q-1;. The van der Waals surface area contributed by atoms with E-state index in [1.807, 2.05) is 0 Å². The van der Waals surface area contributed by atoms with E-state index in [1.54, 1.807) is 0 Å². The third kappa shape index (κ3) is 21.1. The van der Waals surface area contributed by atoms with Crippen molar-refractivity contribution < 1.29 is 19.5 Å². The molecule has 0 amide bonds. The SMILES string of the molecule is [CH2-]CCCCCCCCCCCCCCCCC.[Rh]. The number of rotatable bonds is 15. The first kappa shape index (κ1) is 21.9. The maximum absolute atomic E-state index is 3.88. The van der Waals surface area contributed by atoms with Gasteiger partial charge in [-0.25, -0.2) is 0 Å². The molecular formula is C18H37Rh-. The second-order valence-electron chi connectivity index (χ2n) is 5.80. The Morgan fingerprint density at radius 2 is 0.737 bits per heavy atom. The van der Waals surface area contributed by atoms with Gasteiger partial charge in [0.15, 0.2) is 0 Å². The zero-order valence-corrected chi connectivity index (χ0v) is 15.0. The van der Waals surface area contributed by atoms with Gasteiger partial charge >= 0.3 is 0 Å². The monoisotopic (exact) mass is 356 g/mol. The zero-order chi connectivity index (χ0) is 13.3. The first-order valence-electron chi connectivity index (χ1n) is 8.71. The Labute approximate surface area is 136 Å². The fourth-order valence-corrected chi connectivity index (χ4v) is 2.55. The summed E-state index contributed by atoms with van der Waals surface area (Å²) in [4.78, 5) is 0. The molecule has 119 valence electrons. The minimum absolute atomic E-state index is 0. The summed E-state index contributed by atoms with van der Waals surface area (Å²) in [7, 11) is 0. The molecule has 1 radical (unpaired) electrons. The molecule has 0 fully saturated rings. The molecule has 0 bridgehead atoms. The molecule has 1 heteroatoms. The Bertz CT molecular complexity index is 118. The van der Waals surface area contributed by atoms with E-state index >= 15 is 0 Å². The van der Waals surface area contributed by atoms with Gasteiger partial charge < -0.3 is 6.92 Å². The predicted molar refractivity (Wildman–Crippen MR) is 84.9 cm³/mol. The van der Waals surface area contributed by atoms with Crippen LogP contribution in [0.1, 0.15) is 110 Å². The second kappa shape index (κ2) is 20.9. The van der Waals surface area contributed by atoms with Gasteiger partial charge in [0.1, 0.15) is 0 Å². The van der Waals surface area contributed by atoms with Crippen molar-refractivity contribution in [3.8, 4) is 0 Å². The van der Waals surface area contributed by atoms with Gasteiger partial charge in [-0.3, -0.25) is 0 Å². The van der Waals surface area contributed by atoms with Gasteiger partial charge in [0.25, 0.3) is 0 Å². The molecule has 0 saturated heterocycles.